The van der Waals surface area contributed by atoms with E-state index in [-0.39, 0.29) is 11.7 Å². The number of Topliss-reactive ketones (excluding diaryl/α,β-unsaturated/α-hetero) is 1. The molecule has 1 unspecified atom stereocenters. The van der Waals surface area contributed by atoms with Crippen molar-refractivity contribution in [3.05, 3.63) is 24.2 Å². The number of ketones is 1. The van der Waals surface area contributed by atoms with Crippen LogP contribution in [0.15, 0.2) is 22.8 Å². The van der Waals surface area contributed by atoms with Gasteiger partial charge in [-0.25, -0.2) is 0 Å². The average Bonchev–Trinajstić information content (AvgIpc) is 2.79. The second-order valence-electron chi connectivity index (χ2n) is 3.47. The first kappa shape index (κ1) is 7.59. The molecule has 0 radical (unpaired) electrons. The molecule has 0 amide bonds. The number of carbonyl (C=O) groups excluding carboxylic acids is 1. The van der Waals surface area contributed by atoms with E-state index >= 15 is 0 Å². The number of carbonyl (C=O) groups is 1. The molecule has 1 aliphatic carbocycles. The van der Waals surface area contributed by atoms with Gasteiger partial charge in [0.05, 0.1) is 6.26 Å². The fraction of sp³-hybridized carbons (Fsp3) is 0.500. The lowest BCUT2D eigenvalue weighted by atomic mass is 9.99. The summed E-state index contributed by atoms with van der Waals surface area (Å²) in [6, 6.07) is 3.49. The highest BCUT2D eigenvalue weighted by atomic mass is 16.3. The van der Waals surface area contributed by atoms with Gasteiger partial charge in [-0.15, -0.1) is 0 Å². The second kappa shape index (κ2) is 2.77. The van der Waals surface area contributed by atoms with Gasteiger partial charge in [-0.2, -0.15) is 0 Å². The molecule has 2 nitrogen and oxygen atoms in total. The summed E-state index contributed by atoms with van der Waals surface area (Å²) in [5, 5.41) is 0. The van der Waals surface area contributed by atoms with E-state index in [1.54, 1.807) is 18.4 Å². The molecule has 0 aromatic carbocycles. The molecule has 0 N–H and O–H groups in total. The average molecular weight is 164 g/mol. The van der Waals surface area contributed by atoms with E-state index in [1.165, 1.54) is 12.8 Å². The molecule has 0 aliphatic heterocycles. The topological polar surface area (TPSA) is 30.2 Å². The Morgan fingerprint density at radius 1 is 1.67 bits per heavy atom. The number of furan rings is 1. The Morgan fingerprint density at radius 2 is 2.42 bits per heavy atom. The Balaban J connectivity index is 2.09. The van der Waals surface area contributed by atoms with Crippen molar-refractivity contribution in [2.45, 2.75) is 19.8 Å². The summed E-state index contributed by atoms with van der Waals surface area (Å²) in [5.74, 6) is 1.43. The third-order valence-corrected chi connectivity index (χ3v) is 2.51. The first-order chi connectivity index (χ1) is 5.79. The molecule has 0 bridgehead atoms. The van der Waals surface area contributed by atoms with Gasteiger partial charge in [-0.1, -0.05) is 6.92 Å². The van der Waals surface area contributed by atoms with E-state index in [9.17, 15) is 4.79 Å². The fourth-order valence-electron chi connectivity index (χ4n) is 1.45. The van der Waals surface area contributed by atoms with Gasteiger partial charge in [-0.05, 0) is 30.9 Å². The van der Waals surface area contributed by atoms with Crippen molar-refractivity contribution in [2.75, 3.05) is 0 Å². The van der Waals surface area contributed by atoms with E-state index in [0.717, 1.165) is 0 Å². The SMILES string of the molecule is CC(C(=O)c1ccco1)C1CC1. The van der Waals surface area contributed by atoms with Crippen LogP contribution in [0.1, 0.15) is 30.3 Å². The van der Waals surface area contributed by atoms with Crippen molar-refractivity contribution in [2.24, 2.45) is 11.8 Å². The molecule has 0 saturated heterocycles. The molecule has 1 fully saturated rings. The molecule has 1 aromatic rings. The normalized spacial score (nSPS) is 19.1. The zero-order valence-corrected chi connectivity index (χ0v) is 7.12. The summed E-state index contributed by atoms with van der Waals surface area (Å²) >= 11 is 0. The molecule has 1 aromatic heterocycles. The Hall–Kier alpha value is -1.05. The predicted molar refractivity (Wildman–Crippen MR) is 44.9 cm³/mol. The zero-order chi connectivity index (χ0) is 8.55. The van der Waals surface area contributed by atoms with Crippen molar-refractivity contribution < 1.29 is 9.21 Å². The van der Waals surface area contributed by atoms with Crippen LogP contribution < -0.4 is 0 Å². The second-order valence-corrected chi connectivity index (χ2v) is 3.47. The quantitative estimate of drug-likeness (QED) is 0.642. The van der Waals surface area contributed by atoms with Crippen LogP contribution in [0.5, 0.6) is 0 Å². The summed E-state index contributed by atoms with van der Waals surface area (Å²) in [5.41, 5.74) is 0. The molecule has 2 rings (SSSR count). The molecular weight excluding hydrogens is 152 g/mol. The molecule has 1 heterocycles. The number of hydrogen-bond donors (Lipinski definition) is 0. The van der Waals surface area contributed by atoms with Gasteiger partial charge in [0, 0.05) is 5.92 Å². The number of hydrogen-bond acceptors (Lipinski definition) is 2. The zero-order valence-electron chi connectivity index (χ0n) is 7.12. The lowest BCUT2D eigenvalue weighted by molar-refractivity contribution is 0.0888. The van der Waals surface area contributed by atoms with E-state index in [2.05, 4.69) is 0 Å². The van der Waals surface area contributed by atoms with Crippen LogP contribution in [0, 0.1) is 11.8 Å². The lowest BCUT2D eigenvalue weighted by Gasteiger charge is -2.04. The van der Waals surface area contributed by atoms with Gasteiger partial charge >= 0.3 is 0 Å². The summed E-state index contributed by atoms with van der Waals surface area (Å²) in [7, 11) is 0. The van der Waals surface area contributed by atoms with Crippen LogP contribution >= 0.6 is 0 Å². The van der Waals surface area contributed by atoms with Crippen LogP contribution in [-0.2, 0) is 0 Å². The smallest absolute Gasteiger partial charge is 0.201 e. The summed E-state index contributed by atoms with van der Waals surface area (Å²) < 4.78 is 5.04. The molecule has 2 heteroatoms. The highest BCUT2D eigenvalue weighted by Gasteiger charge is 2.33. The van der Waals surface area contributed by atoms with E-state index in [1.807, 2.05) is 6.92 Å². The van der Waals surface area contributed by atoms with Gasteiger partial charge in [0.25, 0.3) is 0 Å². The van der Waals surface area contributed by atoms with Crippen molar-refractivity contribution in [3.8, 4) is 0 Å². The summed E-state index contributed by atoms with van der Waals surface area (Å²) in [6.07, 6.45) is 3.95. The summed E-state index contributed by atoms with van der Waals surface area (Å²) in [6.45, 7) is 1.99. The first-order valence-corrected chi connectivity index (χ1v) is 4.37. The van der Waals surface area contributed by atoms with Gasteiger partial charge < -0.3 is 4.42 Å². The van der Waals surface area contributed by atoms with Crippen molar-refractivity contribution >= 4 is 5.78 Å². The van der Waals surface area contributed by atoms with Gasteiger partial charge in [0.1, 0.15) is 0 Å². The standard InChI is InChI=1S/C10H12O2/c1-7(8-4-5-8)10(11)9-3-2-6-12-9/h2-3,6-8H,4-5H2,1H3. The highest BCUT2D eigenvalue weighted by Crippen LogP contribution is 2.38. The molecule has 1 aliphatic rings. The Bertz CT molecular complexity index is 270. The van der Waals surface area contributed by atoms with Crippen LogP contribution in [0.4, 0.5) is 0 Å². The molecule has 12 heavy (non-hydrogen) atoms. The minimum absolute atomic E-state index is 0.149. The van der Waals surface area contributed by atoms with Crippen LogP contribution in [0.25, 0.3) is 0 Å². The molecule has 1 saturated carbocycles. The minimum Gasteiger partial charge on any atom is -0.461 e. The summed E-state index contributed by atoms with van der Waals surface area (Å²) in [4.78, 5) is 11.6. The predicted octanol–water partition coefficient (Wildman–Crippen LogP) is 2.51. The maximum absolute atomic E-state index is 11.6. The largest absolute Gasteiger partial charge is 0.461 e. The maximum atomic E-state index is 11.6. The number of rotatable bonds is 3. The highest BCUT2D eigenvalue weighted by molar-refractivity contribution is 5.95. The monoisotopic (exact) mass is 164 g/mol. The van der Waals surface area contributed by atoms with E-state index in [0.29, 0.717) is 11.7 Å². The maximum Gasteiger partial charge on any atom is 0.201 e. The van der Waals surface area contributed by atoms with E-state index < -0.39 is 0 Å². The molecule has 64 valence electrons. The Morgan fingerprint density at radius 3 is 2.92 bits per heavy atom. The third-order valence-electron chi connectivity index (χ3n) is 2.51. The minimum atomic E-state index is 0.149. The fourth-order valence-corrected chi connectivity index (χ4v) is 1.45. The van der Waals surface area contributed by atoms with Gasteiger partial charge in [-0.3, -0.25) is 4.79 Å². The van der Waals surface area contributed by atoms with Crippen LogP contribution in [0.3, 0.4) is 0 Å². The van der Waals surface area contributed by atoms with Gasteiger partial charge in [0.15, 0.2) is 5.76 Å². The van der Waals surface area contributed by atoms with Crippen LogP contribution in [0.2, 0.25) is 0 Å². The Kier molecular flexibility index (Phi) is 1.75. The molecular formula is C10H12O2. The Labute approximate surface area is 71.6 Å². The third kappa shape index (κ3) is 1.29. The van der Waals surface area contributed by atoms with Crippen molar-refractivity contribution in [1.82, 2.24) is 0 Å². The molecule has 1 atom stereocenters. The van der Waals surface area contributed by atoms with E-state index in [4.69, 9.17) is 4.42 Å². The van der Waals surface area contributed by atoms with Crippen molar-refractivity contribution in [3.63, 3.8) is 0 Å². The first-order valence-electron chi connectivity index (χ1n) is 4.37. The molecule has 0 spiro atoms. The van der Waals surface area contributed by atoms with Gasteiger partial charge in [0.2, 0.25) is 5.78 Å². The van der Waals surface area contributed by atoms with Crippen LogP contribution in [-0.4, -0.2) is 5.78 Å². The van der Waals surface area contributed by atoms with Crippen molar-refractivity contribution in [1.29, 1.82) is 0 Å². The lowest BCUT2D eigenvalue weighted by Crippen LogP contribution is -2.12.